The van der Waals surface area contributed by atoms with Crippen molar-refractivity contribution in [3.63, 3.8) is 0 Å². The molecule has 0 saturated heterocycles. The Hall–Kier alpha value is -1.82. The zero-order valence-electron chi connectivity index (χ0n) is 9.58. The van der Waals surface area contributed by atoms with Gasteiger partial charge in [0.15, 0.2) is 5.82 Å². The minimum atomic E-state index is -0.320. The highest BCUT2D eigenvalue weighted by Crippen LogP contribution is 2.29. The van der Waals surface area contributed by atoms with Crippen molar-refractivity contribution in [1.82, 2.24) is 4.98 Å². The Balaban J connectivity index is 2.33. The largest absolute Gasteiger partial charge is 0.481 e. The zero-order valence-corrected chi connectivity index (χ0v) is 11.2. The molecule has 2 rings (SSSR count). The molecular weight excluding hydrogens is 301 g/mol. The molecule has 0 aliphatic rings. The predicted octanol–water partition coefficient (Wildman–Crippen LogP) is 3.32. The standard InChI is InChI=1S/C12H11BrFN3O/c1-18-11-5-3-9(15)12(17-11)16-10-4-2-7(14)6-8(10)13/h2-6H,15H2,1H3,(H,16,17). The van der Waals surface area contributed by atoms with Crippen LogP contribution in [0.25, 0.3) is 0 Å². The van der Waals surface area contributed by atoms with Crippen LogP contribution in [0.3, 0.4) is 0 Å². The first kappa shape index (κ1) is 12.6. The Morgan fingerprint density at radius 3 is 2.78 bits per heavy atom. The van der Waals surface area contributed by atoms with Crippen molar-refractivity contribution in [3.8, 4) is 5.88 Å². The van der Waals surface area contributed by atoms with E-state index in [1.807, 2.05) is 0 Å². The molecule has 0 bridgehead atoms. The van der Waals surface area contributed by atoms with Gasteiger partial charge in [0.2, 0.25) is 5.88 Å². The fraction of sp³-hybridized carbons (Fsp3) is 0.0833. The summed E-state index contributed by atoms with van der Waals surface area (Å²) in [4.78, 5) is 4.18. The predicted molar refractivity (Wildman–Crippen MR) is 72.6 cm³/mol. The topological polar surface area (TPSA) is 60.2 Å². The number of nitrogens with one attached hydrogen (secondary N) is 1. The summed E-state index contributed by atoms with van der Waals surface area (Å²) in [6, 6.07) is 7.66. The van der Waals surface area contributed by atoms with E-state index in [1.165, 1.54) is 19.2 Å². The molecule has 94 valence electrons. The fourth-order valence-electron chi connectivity index (χ4n) is 1.38. The Labute approximate surface area is 112 Å². The molecule has 4 nitrogen and oxygen atoms in total. The van der Waals surface area contributed by atoms with Gasteiger partial charge in [-0.2, -0.15) is 4.98 Å². The van der Waals surface area contributed by atoms with Gasteiger partial charge in [-0.05, 0) is 40.2 Å². The number of hydrogen-bond donors (Lipinski definition) is 2. The number of aromatic nitrogens is 1. The third kappa shape index (κ3) is 2.70. The van der Waals surface area contributed by atoms with Crippen molar-refractivity contribution in [2.24, 2.45) is 0 Å². The highest BCUT2D eigenvalue weighted by atomic mass is 79.9. The number of ether oxygens (including phenoxy) is 1. The van der Waals surface area contributed by atoms with Gasteiger partial charge >= 0.3 is 0 Å². The smallest absolute Gasteiger partial charge is 0.215 e. The number of benzene rings is 1. The molecule has 0 aliphatic heterocycles. The number of nitrogens with zero attached hydrogens (tertiary/aromatic N) is 1. The van der Waals surface area contributed by atoms with Gasteiger partial charge in [0.05, 0.1) is 18.5 Å². The number of halogens is 2. The van der Waals surface area contributed by atoms with E-state index in [-0.39, 0.29) is 5.82 Å². The van der Waals surface area contributed by atoms with Gasteiger partial charge in [-0.25, -0.2) is 4.39 Å². The molecule has 0 spiro atoms. The summed E-state index contributed by atoms with van der Waals surface area (Å²) >= 11 is 3.26. The van der Waals surface area contributed by atoms with E-state index in [2.05, 4.69) is 26.2 Å². The number of anilines is 3. The molecule has 3 N–H and O–H groups in total. The van der Waals surface area contributed by atoms with E-state index in [1.54, 1.807) is 18.2 Å². The molecule has 0 aliphatic carbocycles. The van der Waals surface area contributed by atoms with E-state index in [4.69, 9.17) is 10.5 Å². The van der Waals surface area contributed by atoms with E-state index in [0.29, 0.717) is 27.5 Å². The van der Waals surface area contributed by atoms with Crippen LogP contribution < -0.4 is 15.8 Å². The van der Waals surface area contributed by atoms with Crippen LogP contribution in [0.15, 0.2) is 34.8 Å². The highest BCUT2D eigenvalue weighted by molar-refractivity contribution is 9.10. The summed E-state index contributed by atoms with van der Waals surface area (Å²) < 4.78 is 18.6. The minimum Gasteiger partial charge on any atom is -0.481 e. The first-order chi connectivity index (χ1) is 8.60. The normalized spacial score (nSPS) is 10.2. The van der Waals surface area contributed by atoms with Gasteiger partial charge in [0, 0.05) is 10.5 Å². The first-order valence-electron chi connectivity index (χ1n) is 5.12. The van der Waals surface area contributed by atoms with Gasteiger partial charge in [-0.3, -0.25) is 0 Å². The molecule has 1 aromatic carbocycles. The van der Waals surface area contributed by atoms with Gasteiger partial charge in [-0.1, -0.05) is 0 Å². The second kappa shape index (κ2) is 5.22. The van der Waals surface area contributed by atoms with Crippen molar-refractivity contribution >= 4 is 33.1 Å². The Bertz CT molecular complexity index is 577. The zero-order chi connectivity index (χ0) is 13.1. The van der Waals surface area contributed by atoms with Crippen molar-refractivity contribution in [2.45, 2.75) is 0 Å². The number of pyridine rings is 1. The van der Waals surface area contributed by atoms with Crippen LogP contribution in [0.4, 0.5) is 21.6 Å². The molecule has 2 aromatic rings. The van der Waals surface area contributed by atoms with E-state index >= 15 is 0 Å². The van der Waals surface area contributed by atoms with Gasteiger partial charge in [0.1, 0.15) is 5.82 Å². The third-order valence-corrected chi connectivity index (χ3v) is 2.95. The molecular formula is C12H11BrFN3O. The summed E-state index contributed by atoms with van der Waals surface area (Å²) in [5.74, 6) is 0.589. The Morgan fingerprint density at radius 2 is 2.11 bits per heavy atom. The third-order valence-electron chi connectivity index (χ3n) is 2.29. The number of nitrogens with two attached hydrogens (primary N) is 1. The maximum absolute atomic E-state index is 13.0. The Kier molecular flexibility index (Phi) is 3.66. The summed E-state index contributed by atoms with van der Waals surface area (Å²) in [5.41, 5.74) is 6.95. The molecule has 0 saturated carbocycles. The second-order valence-corrected chi connectivity index (χ2v) is 4.39. The number of rotatable bonds is 3. The van der Waals surface area contributed by atoms with E-state index in [0.717, 1.165) is 0 Å². The first-order valence-corrected chi connectivity index (χ1v) is 5.92. The molecule has 1 aromatic heterocycles. The molecule has 18 heavy (non-hydrogen) atoms. The van der Waals surface area contributed by atoms with Crippen LogP contribution in [0.5, 0.6) is 5.88 Å². The van der Waals surface area contributed by atoms with Gasteiger partial charge in [0.25, 0.3) is 0 Å². The molecule has 0 atom stereocenters. The molecule has 0 unspecified atom stereocenters. The van der Waals surface area contributed by atoms with Crippen LogP contribution in [0, 0.1) is 5.82 Å². The Morgan fingerprint density at radius 1 is 1.33 bits per heavy atom. The van der Waals surface area contributed by atoms with Crippen molar-refractivity contribution in [2.75, 3.05) is 18.2 Å². The number of methoxy groups -OCH3 is 1. The van der Waals surface area contributed by atoms with E-state index < -0.39 is 0 Å². The SMILES string of the molecule is COc1ccc(N)c(Nc2ccc(F)cc2Br)n1. The van der Waals surface area contributed by atoms with Crippen molar-refractivity contribution in [1.29, 1.82) is 0 Å². The summed E-state index contributed by atoms with van der Waals surface area (Å²) in [6.45, 7) is 0. The lowest BCUT2D eigenvalue weighted by molar-refractivity contribution is 0.398. The van der Waals surface area contributed by atoms with Crippen LogP contribution in [0.2, 0.25) is 0 Å². The van der Waals surface area contributed by atoms with Crippen LogP contribution >= 0.6 is 15.9 Å². The van der Waals surface area contributed by atoms with Gasteiger partial charge in [-0.15, -0.1) is 0 Å². The highest BCUT2D eigenvalue weighted by Gasteiger charge is 2.07. The van der Waals surface area contributed by atoms with Crippen LogP contribution in [-0.4, -0.2) is 12.1 Å². The maximum atomic E-state index is 13.0. The van der Waals surface area contributed by atoms with Crippen LogP contribution in [-0.2, 0) is 0 Å². The summed E-state index contributed by atoms with van der Waals surface area (Å²) in [6.07, 6.45) is 0. The fourth-order valence-corrected chi connectivity index (χ4v) is 1.83. The number of nitrogen functional groups attached to an aromatic ring is 1. The molecule has 6 heteroatoms. The molecule has 1 heterocycles. The summed E-state index contributed by atoms with van der Waals surface area (Å²) in [7, 11) is 1.52. The molecule has 0 amide bonds. The maximum Gasteiger partial charge on any atom is 0.215 e. The number of hydrogen-bond acceptors (Lipinski definition) is 4. The monoisotopic (exact) mass is 311 g/mol. The quantitative estimate of drug-likeness (QED) is 0.913. The minimum absolute atomic E-state index is 0.320. The lowest BCUT2D eigenvalue weighted by atomic mass is 10.3. The van der Waals surface area contributed by atoms with Gasteiger partial charge < -0.3 is 15.8 Å². The molecule has 0 fully saturated rings. The second-order valence-electron chi connectivity index (χ2n) is 3.54. The lowest BCUT2D eigenvalue weighted by Gasteiger charge is -2.11. The summed E-state index contributed by atoms with van der Waals surface area (Å²) in [5, 5.41) is 3.01. The lowest BCUT2D eigenvalue weighted by Crippen LogP contribution is -2.01. The van der Waals surface area contributed by atoms with Crippen molar-refractivity contribution < 1.29 is 9.13 Å². The average Bonchev–Trinajstić information content (AvgIpc) is 2.35. The average molecular weight is 312 g/mol. The van der Waals surface area contributed by atoms with Crippen molar-refractivity contribution in [3.05, 3.63) is 40.6 Å². The van der Waals surface area contributed by atoms with E-state index in [9.17, 15) is 4.39 Å². The van der Waals surface area contributed by atoms with Crippen LogP contribution in [0.1, 0.15) is 0 Å². The molecule has 0 radical (unpaired) electrons.